The fourth-order valence-electron chi connectivity index (χ4n) is 2.71. The minimum atomic E-state index is -0.224. The van der Waals surface area contributed by atoms with Crippen molar-refractivity contribution in [1.82, 2.24) is 5.32 Å². The van der Waals surface area contributed by atoms with E-state index in [1.807, 2.05) is 5.38 Å². The van der Waals surface area contributed by atoms with Gasteiger partial charge < -0.3 is 15.5 Å². The van der Waals surface area contributed by atoms with E-state index in [2.05, 4.69) is 10.6 Å². The first kappa shape index (κ1) is 18.4. The summed E-state index contributed by atoms with van der Waals surface area (Å²) in [4.78, 5) is 37.9. The highest BCUT2D eigenvalue weighted by Gasteiger charge is 2.23. The standard InChI is InChI=1S/C18H18ClN3O3S/c19-13-11-12(5-6-14(13)22-9-1-4-17(22)24)21-16(23)7-8-20-18(25)15-3-2-10-26-15/h2-3,5-6,10-11H,1,4,7-9H2,(H,20,25)(H,21,23). The Balaban J connectivity index is 1.50. The molecule has 8 heteroatoms. The molecule has 6 nitrogen and oxygen atoms in total. The Kier molecular flexibility index (Phi) is 5.90. The van der Waals surface area contributed by atoms with Gasteiger partial charge in [0, 0.05) is 31.6 Å². The van der Waals surface area contributed by atoms with Crippen LogP contribution in [0.3, 0.4) is 0 Å². The molecule has 3 rings (SSSR count). The van der Waals surface area contributed by atoms with Gasteiger partial charge in [-0.15, -0.1) is 11.3 Å². The van der Waals surface area contributed by atoms with Crippen LogP contribution in [-0.4, -0.2) is 30.8 Å². The predicted molar refractivity (Wildman–Crippen MR) is 103 cm³/mol. The highest BCUT2D eigenvalue weighted by Crippen LogP contribution is 2.31. The first-order valence-corrected chi connectivity index (χ1v) is 9.52. The molecule has 0 bridgehead atoms. The fourth-order valence-corrected chi connectivity index (χ4v) is 3.64. The van der Waals surface area contributed by atoms with Gasteiger partial charge in [-0.05, 0) is 36.1 Å². The van der Waals surface area contributed by atoms with Gasteiger partial charge in [-0.2, -0.15) is 0 Å². The number of halogens is 1. The molecule has 0 spiro atoms. The van der Waals surface area contributed by atoms with Gasteiger partial charge in [0.2, 0.25) is 11.8 Å². The zero-order chi connectivity index (χ0) is 18.5. The van der Waals surface area contributed by atoms with Gasteiger partial charge in [0.25, 0.3) is 5.91 Å². The minimum Gasteiger partial charge on any atom is -0.351 e. The van der Waals surface area contributed by atoms with Crippen LogP contribution in [0.4, 0.5) is 11.4 Å². The Morgan fingerprint density at radius 1 is 1.27 bits per heavy atom. The van der Waals surface area contributed by atoms with Crippen molar-refractivity contribution in [2.24, 2.45) is 0 Å². The maximum Gasteiger partial charge on any atom is 0.261 e. The number of anilines is 2. The van der Waals surface area contributed by atoms with Crippen LogP contribution in [-0.2, 0) is 9.59 Å². The number of amides is 3. The number of rotatable bonds is 6. The summed E-state index contributed by atoms with van der Waals surface area (Å²) in [7, 11) is 0. The van der Waals surface area contributed by atoms with Crippen LogP contribution in [0.25, 0.3) is 0 Å². The summed E-state index contributed by atoms with van der Waals surface area (Å²) < 4.78 is 0. The number of hydrogen-bond donors (Lipinski definition) is 2. The Morgan fingerprint density at radius 3 is 2.77 bits per heavy atom. The summed E-state index contributed by atoms with van der Waals surface area (Å²) >= 11 is 7.61. The van der Waals surface area contributed by atoms with E-state index >= 15 is 0 Å². The number of hydrogen-bond acceptors (Lipinski definition) is 4. The molecule has 2 N–H and O–H groups in total. The van der Waals surface area contributed by atoms with Gasteiger partial charge in [-0.3, -0.25) is 14.4 Å². The van der Waals surface area contributed by atoms with E-state index < -0.39 is 0 Å². The molecule has 1 aliphatic heterocycles. The number of nitrogens with one attached hydrogen (secondary N) is 2. The average molecular weight is 392 g/mol. The maximum absolute atomic E-state index is 12.0. The van der Waals surface area contributed by atoms with Crippen molar-refractivity contribution in [2.75, 3.05) is 23.3 Å². The van der Waals surface area contributed by atoms with Crippen molar-refractivity contribution in [1.29, 1.82) is 0 Å². The Bertz CT molecular complexity index is 823. The van der Waals surface area contributed by atoms with Crippen LogP contribution in [0.15, 0.2) is 35.7 Å². The van der Waals surface area contributed by atoms with Crippen molar-refractivity contribution < 1.29 is 14.4 Å². The highest BCUT2D eigenvalue weighted by atomic mass is 35.5. The van der Waals surface area contributed by atoms with Crippen LogP contribution in [0.1, 0.15) is 28.9 Å². The smallest absolute Gasteiger partial charge is 0.261 e. The van der Waals surface area contributed by atoms with E-state index in [9.17, 15) is 14.4 Å². The van der Waals surface area contributed by atoms with Gasteiger partial charge in [0.15, 0.2) is 0 Å². The predicted octanol–water partition coefficient (Wildman–Crippen LogP) is 3.29. The van der Waals surface area contributed by atoms with E-state index in [0.29, 0.717) is 34.2 Å². The van der Waals surface area contributed by atoms with Crippen LogP contribution < -0.4 is 15.5 Å². The number of carbonyl (C=O) groups excluding carboxylic acids is 3. The Labute approximate surface area is 160 Å². The molecule has 2 heterocycles. The second-order valence-corrected chi connectivity index (χ2v) is 7.20. The normalized spacial score (nSPS) is 13.7. The Morgan fingerprint density at radius 2 is 2.12 bits per heavy atom. The van der Waals surface area contributed by atoms with Gasteiger partial charge in [0.05, 0.1) is 15.6 Å². The molecule has 1 saturated heterocycles. The van der Waals surface area contributed by atoms with Crippen LogP contribution in [0.2, 0.25) is 5.02 Å². The highest BCUT2D eigenvalue weighted by molar-refractivity contribution is 7.12. The van der Waals surface area contributed by atoms with E-state index in [4.69, 9.17) is 11.6 Å². The lowest BCUT2D eigenvalue weighted by Crippen LogP contribution is -2.27. The number of thiophene rings is 1. The molecule has 0 unspecified atom stereocenters. The number of nitrogens with zero attached hydrogens (tertiary/aromatic N) is 1. The molecule has 1 aliphatic rings. The topological polar surface area (TPSA) is 78.5 Å². The largest absolute Gasteiger partial charge is 0.351 e. The van der Waals surface area contributed by atoms with Crippen molar-refractivity contribution in [2.45, 2.75) is 19.3 Å². The monoisotopic (exact) mass is 391 g/mol. The molecule has 2 aromatic rings. The summed E-state index contributed by atoms with van der Waals surface area (Å²) in [5.74, 6) is -0.349. The SMILES string of the molecule is O=C(CCNC(=O)c1cccs1)Nc1ccc(N2CCCC2=O)c(Cl)c1. The molecule has 136 valence electrons. The second-order valence-electron chi connectivity index (χ2n) is 5.85. The lowest BCUT2D eigenvalue weighted by molar-refractivity contribution is -0.117. The molecule has 1 fully saturated rings. The third-order valence-electron chi connectivity index (χ3n) is 3.98. The van der Waals surface area contributed by atoms with Crippen molar-refractivity contribution >= 4 is 52.0 Å². The summed E-state index contributed by atoms with van der Waals surface area (Å²) in [6, 6.07) is 8.61. The zero-order valence-corrected chi connectivity index (χ0v) is 15.5. The summed E-state index contributed by atoms with van der Waals surface area (Å²) in [6.07, 6.45) is 1.51. The molecule has 26 heavy (non-hydrogen) atoms. The number of carbonyl (C=O) groups is 3. The third kappa shape index (κ3) is 4.42. The summed E-state index contributed by atoms with van der Waals surface area (Å²) in [5, 5.41) is 7.69. The quantitative estimate of drug-likeness (QED) is 0.793. The fraction of sp³-hybridized carbons (Fsp3) is 0.278. The first-order valence-electron chi connectivity index (χ1n) is 8.26. The molecule has 1 aromatic carbocycles. The molecule has 0 radical (unpaired) electrons. The van der Waals surface area contributed by atoms with Crippen molar-refractivity contribution in [3.63, 3.8) is 0 Å². The zero-order valence-electron chi connectivity index (χ0n) is 14.0. The average Bonchev–Trinajstić information content (AvgIpc) is 3.27. The van der Waals surface area contributed by atoms with Crippen LogP contribution >= 0.6 is 22.9 Å². The number of benzene rings is 1. The molecule has 3 amide bonds. The molecule has 1 aromatic heterocycles. The van der Waals surface area contributed by atoms with Crippen molar-refractivity contribution in [3.8, 4) is 0 Å². The van der Waals surface area contributed by atoms with Gasteiger partial charge in [-0.25, -0.2) is 0 Å². The van der Waals surface area contributed by atoms with E-state index in [0.717, 1.165) is 6.42 Å². The van der Waals surface area contributed by atoms with Gasteiger partial charge in [-0.1, -0.05) is 17.7 Å². The molecular formula is C18H18ClN3O3S. The molecular weight excluding hydrogens is 374 g/mol. The lowest BCUT2D eigenvalue weighted by atomic mass is 10.2. The van der Waals surface area contributed by atoms with E-state index in [-0.39, 0.29) is 30.7 Å². The van der Waals surface area contributed by atoms with Gasteiger partial charge in [0.1, 0.15) is 0 Å². The Hall–Kier alpha value is -2.38. The first-order chi connectivity index (χ1) is 12.5. The van der Waals surface area contributed by atoms with Crippen LogP contribution in [0.5, 0.6) is 0 Å². The van der Waals surface area contributed by atoms with Gasteiger partial charge >= 0.3 is 0 Å². The molecule has 0 saturated carbocycles. The van der Waals surface area contributed by atoms with Crippen LogP contribution in [0, 0.1) is 0 Å². The van der Waals surface area contributed by atoms with E-state index in [1.54, 1.807) is 35.2 Å². The van der Waals surface area contributed by atoms with E-state index in [1.165, 1.54) is 11.3 Å². The maximum atomic E-state index is 12.0. The summed E-state index contributed by atoms with van der Waals surface area (Å²) in [5.41, 5.74) is 1.22. The van der Waals surface area contributed by atoms with Crippen molar-refractivity contribution in [3.05, 3.63) is 45.6 Å². The third-order valence-corrected chi connectivity index (χ3v) is 5.15. The molecule has 0 aliphatic carbocycles. The molecule has 0 atom stereocenters. The second kappa shape index (κ2) is 8.33. The summed E-state index contributed by atoms with van der Waals surface area (Å²) in [6.45, 7) is 0.908. The lowest BCUT2D eigenvalue weighted by Gasteiger charge is -2.18. The minimum absolute atomic E-state index is 0.0603.